The Hall–Kier alpha value is -0.880. The second kappa shape index (κ2) is 4.89. The van der Waals surface area contributed by atoms with Crippen molar-refractivity contribution in [2.24, 2.45) is 5.92 Å². The molecule has 0 saturated carbocycles. The molecule has 12 heavy (non-hydrogen) atoms. The van der Waals surface area contributed by atoms with E-state index in [4.69, 9.17) is 5.21 Å². The summed E-state index contributed by atoms with van der Waals surface area (Å²) in [7, 11) is -2.56. The van der Waals surface area contributed by atoms with Crippen molar-refractivity contribution in [1.82, 2.24) is 5.06 Å². The Kier molecular flexibility index (Phi) is 4.53. The molecular formula is C6H11NO4S. The lowest BCUT2D eigenvalue weighted by molar-refractivity contribution is -0.158. The smallest absolute Gasteiger partial charge is 0.285 e. The minimum atomic E-state index is -2.56. The van der Waals surface area contributed by atoms with Gasteiger partial charge in [0.25, 0.3) is 5.91 Å². The highest BCUT2D eigenvalue weighted by atomic mass is 32.2. The number of carbonyl (C=O) groups excluding carboxylic acids is 1. The maximum absolute atomic E-state index is 10.7. The Labute approximate surface area is 72.1 Å². The molecule has 1 N–H and O–H groups in total. The van der Waals surface area contributed by atoms with E-state index in [1.807, 2.05) is 0 Å². The van der Waals surface area contributed by atoms with Crippen LogP contribution >= 0.6 is 0 Å². The van der Waals surface area contributed by atoms with Gasteiger partial charge in [0, 0.05) is 0 Å². The maximum atomic E-state index is 10.7. The number of amides is 1. The molecule has 0 fully saturated rings. The SMILES string of the molecule is CC(C)CN(O)C(=O)C=S(=O)=O. The van der Waals surface area contributed by atoms with Gasteiger partial charge in [-0.1, -0.05) is 13.8 Å². The van der Waals surface area contributed by atoms with Crippen LogP contribution in [0.2, 0.25) is 0 Å². The Morgan fingerprint density at radius 3 is 2.42 bits per heavy atom. The highest BCUT2D eigenvalue weighted by molar-refractivity contribution is 7.73. The summed E-state index contributed by atoms with van der Waals surface area (Å²) in [5.41, 5.74) is 0. The fraction of sp³-hybridized carbons (Fsp3) is 0.667. The van der Waals surface area contributed by atoms with Crippen LogP contribution in [0, 0.1) is 5.92 Å². The topological polar surface area (TPSA) is 74.7 Å². The van der Waals surface area contributed by atoms with E-state index in [9.17, 15) is 13.2 Å². The molecule has 0 aromatic heterocycles. The van der Waals surface area contributed by atoms with E-state index in [1.54, 1.807) is 13.8 Å². The summed E-state index contributed by atoms with van der Waals surface area (Å²) in [4.78, 5) is 10.7. The molecule has 0 aliphatic heterocycles. The first-order valence-electron chi connectivity index (χ1n) is 3.36. The third-order valence-electron chi connectivity index (χ3n) is 0.990. The fourth-order valence-corrected chi connectivity index (χ4v) is 0.865. The monoisotopic (exact) mass is 193 g/mol. The molecule has 0 atom stereocenters. The van der Waals surface area contributed by atoms with Crippen molar-refractivity contribution in [2.45, 2.75) is 13.8 Å². The predicted molar refractivity (Wildman–Crippen MR) is 43.3 cm³/mol. The number of hydrogen-bond acceptors (Lipinski definition) is 4. The van der Waals surface area contributed by atoms with Crippen molar-refractivity contribution >= 4 is 21.6 Å². The highest BCUT2D eigenvalue weighted by Crippen LogP contribution is 1.94. The van der Waals surface area contributed by atoms with Gasteiger partial charge < -0.3 is 0 Å². The van der Waals surface area contributed by atoms with Crippen molar-refractivity contribution in [2.75, 3.05) is 6.54 Å². The first kappa shape index (κ1) is 11.1. The van der Waals surface area contributed by atoms with Gasteiger partial charge in [0.2, 0.25) is 10.3 Å². The first-order chi connectivity index (χ1) is 5.43. The van der Waals surface area contributed by atoms with Gasteiger partial charge in [-0.2, -0.15) is 8.42 Å². The largest absolute Gasteiger partial charge is 0.286 e. The number of rotatable bonds is 3. The summed E-state index contributed by atoms with van der Waals surface area (Å²) < 4.78 is 20.0. The van der Waals surface area contributed by atoms with Gasteiger partial charge in [-0.05, 0) is 5.92 Å². The molecule has 1 amide bonds. The third-order valence-corrected chi connectivity index (χ3v) is 1.38. The van der Waals surface area contributed by atoms with Crippen molar-refractivity contribution < 1.29 is 18.4 Å². The minimum Gasteiger partial charge on any atom is -0.286 e. The standard InChI is InChI=1S/C6H11NO4S/c1-5(2)3-7(9)6(8)4-12(10)11/h4-5,9H,3H2,1-2H3. The summed E-state index contributed by atoms with van der Waals surface area (Å²) in [5, 5.41) is 9.71. The molecule has 0 aliphatic rings. The molecule has 70 valence electrons. The summed E-state index contributed by atoms with van der Waals surface area (Å²) in [5.74, 6) is -0.829. The minimum absolute atomic E-state index is 0.0902. The molecular weight excluding hydrogens is 182 g/mol. The maximum Gasteiger partial charge on any atom is 0.285 e. The summed E-state index contributed by atoms with van der Waals surface area (Å²) in [6.07, 6.45) is 0. The van der Waals surface area contributed by atoms with Gasteiger partial charge >= 0.3 is 0 Å². The van der Waals surface area contributed by atoms with Gasteiger partial charge in [0.15, 0.2) is 0 Å². The molecule has 0 aromatic carbocycles. The quantitative estimate of drug-likeness (QED) is 0.374. The number of hydrogen-bond donors (Lipinski definition) is 1. The third kappa shape index (κ3) is 4.86. The normalized spacial score (nSPS) is 9.67. The van der Waals surface area contributed by atoms with E-state index in [2.05, 4.69) is 0 Å². The van der Waals surface area contributed by atoms with Gasteiger partial charge in [-0.3, -0.25) is 10.0 Å². The van der Waals surface area contributed by atoms with E-state index in [0.717, 1.165) is 0 Å². The number of carbonyl (C=O) groups is 1. The molecule has 0 bridgehead atoms. The Bertz CT molecular complexity index is 272. The number of hydroxylamine groups is 2. The predicted octanol–water partition coefficient (Wildman–Crippen LogP) is -0.458. The van der Waals surface area contributed by atoms with Crippen LogP contribution in [0.1, 0.15) is 13.8 Å². The highest BCUT2D eigenvalue weighted by Gasteiger charge is 2.09. The van der Waals surface area contributed by atoms with Crippen LogP contribution in [-0.4, -0.2) is 36.5 Å². The van der Waals surface area contributed by atoms with E-state index < -0.39 is 16.2 Å². The molecule has 0 aliphatic carbocycles. The molecule has 0 heterocycles. The first-order valence-corrected chi connectivity index (χ1v) is 4.50. The molecule has 0 aromatic rings. The Balaban J connectivity index is 4.21. The van der Waals surface area contributed by atoms with Gasteiger partial charge in [-0.25, -0.2) is 5.06 Å². The van der Waals surface area contributed by atoms with Crippen LogP contribution in [0.15, 0.2) is 0 Å². The molecule has 0 rings (SSSR count). The summed E-state index contributed by atoms with van der Waals surface area (Å²) in [6.45, 7) is 3.71. The lowest BCUT2D eigenvalue weighted by Crippen LogP contribution is -2.31. The molecule has 0 saturated heterocycles. The molecule has 0 unspecified atom stereocenters. The zero-order valence-corrected chi connectivity index (χ0v) is 7.71. The lowest BCUT2D eigenvalue weighted by Gasteiger charge is -2.13. The second-order valence-electron chi connectivity index (χ2n) is 2.69. The van der Waals surface area contributed by atoms with E-state index >= 15 is 0 Å². The van der Waals surface area contributed by atoms with Crippen LogP contribution in [0.3, 0.4) is 0 Å². The number of nitrogens with zero attached hydrogens (tertiary/aromatic N) is 1. The van der Waals surface area contributed by atoms with E-state index in [-0.39, 0.29) is 12.5 Å². The average Bonchev–Trinajstić information content (AvgIpc) is 1.84. The lowest BCUT2D eigenvalue weighted by atomic mass is 10.2. The second-order valence-corrected chi connectivity index (χ2v) is 3.45. The van der Waals surface area contributed by atoms with Gasteiger partial charge in [0.05, 0.1) is 6.54 Å². The van der Waals surface area contributed by atoms with Crippen LogP contribution in [0.4, 0.5) is 0 Å². The fourth-order valence-electron chi connectivity index (χ4n) is 0.579. The van der Waals surface area contributed by atoms with Crippen molar-refractivity contribution in [3.63, 3.8) is 0 Å². The van der Waals surface area contributed by atoms with Crippen LogP contribution in [-0.2, 0) is 15.1 Å². The van der Waals surface area contributed by atoms with Crippen LogP contribution in [0.25, 0.3) is 0 Å². The average molecular weight is 193 g/mol. The summed E-state index contributed by atoms with van der Waals surface area (Å²) in [6, 6.07) is 0. The molecule has 5 nitrogen and oxygen atoms in total. The zero-order valence-electron chi connectivity index (χ0n) is 6.89. The van der Waals surface area contributed by atoms with Crippen molar-refractivity contribution in [3.8, 4) is 0 Å². The molecule has 6 heteroatoms. The molecule has 0 spiro atoms. The van der Waals surface area contributed by atoms with E-state index in [0.29, 0.717) is 10.4 Å². The Morgan fingerprint density at radius 2 is 2.08 bits per heavy atom. The van der Waals surface area contributed by atoms with Gasteiger partial charge in [0.1, 0.15) is 5.37 Å². The van der Waals surface area contributed by atoms with Crippen LogP contribution < -0.4 is 0 Å². The molecule has 0 radical (unpaired) electrons. The summed E-state index contributed by atoms with van der Waals surface area (Å²) >= 11 is 0. The Morgan fingerprint density at radius 1 is 1.58 bits per heavy atom. The van der Waals surface area contributed by atoms with Crippen molar-refractivity contribution in [1.29, 1.82) is 0 Å². The van der Waals surface area contributed by atoms with Gasteiger partial charge in [-0.15, -0.1) is 0 Å². The van der Waals surface area contributed by atoms with E-state index in [1.165, 1.54) is 0 Å². The van der Waals surface area contributed by atoms with Crippen LogP contribution in [0.5, 0.6) is 0 Å². The zero-order chi connectivity index (χ0) is 9.72. The van der Waals surface area contributed by atoms with Crippen molar-refractivity contribution in [3.05, 3.63) is 0 Å².